The van der Waals surface area contributed by atoms with Gasteiger partial charge >= 0.3 is 6.18 Å². The van der Waals surface area contributed by atoms with Crippen LogP contribution in [0.3, 0.4) is 0 Å². The summed E-state index contributed by atoms with van der Waals surface area (Å²) in [6.07, 6.45) is -4.40. The van der Waals surface area contributed by atoms with Gasteiger partial charge in [0.25, 0.3) is 0 Å². The van der Waals surface area contributed by atoms with E-state index in [4.69, 9.17) is 0 Å². The number of aliphatic imine (C=N–C) groups is 1. The number of alkyl halides is 3. The molecule has 1 aromatic carbocycles. The Hall–Kier alpha value is -1.22. The van der Waals surface area contributed by atoms with Gasteiger partial charge in [0.05, 0.1) is 23.1 Å². The molecule has 2 atom stereocenters. The number of nitrogens with one attached hydrogen (secondary N) is 1. The molecule has 0 saturated carbocycles. The van der Waals surface area contributed by atoms with Crippen molar-refractivity contribution in [3.63, 3.8) is 0 Å². The smallest absolute Gasteiger partial charge is 0.335 e. The highest BCUT2D eigenvalue weighted by Gasteiger charge is 2.42. The number of fused-ring (bicyclic) bond motifs is 1. The van der Waals surface area contributed by atoms with Crippen molar-refractivity contribution in [1.29, 1.82) is 0 Å². The highest BCUT2D eigenvalue weighted by molar-refractivity contribution is 8.15. The van der Waals surface area contributed by atoms with E-state index in [0.717, 1.165) is 12.1 Å². The number of halogens is 3. The van der Waals surface area contributed by atoms with Gasteiger partial charge in [0.1, 0.15) is 0 Å². The number of thioether (sulfide) groups is 1. The molecule has 9 heteroatoms. The van der Waals surface area contributed by atoms with Crippen molar-refractivity contribution in [2.75, 3.05) is 16.8 Å². The van der Waals surface area contributed by atoms with Crippen LogP contribution in [0.15, 0.2) is 29.3 Å². The van der Waals surface area contributed by atoms with Gasteiger partial charge in [-0.15, -0.1) is 0 Å². The van der Waals surface area contributed by atoms with Crippen molar-refractivity contribution in [3.8, 4) is 0 Å². The third kappa shape index (κ3) is 3.18. The standard InChI is InChI=1S/C12H11F3N2O2S2/c13-12(14,15)7-2-1-3-8(4-7)16-11-17-9-5-21(18,19)6-10(9)20-11/h1-4,9-10H,5-6H2,(H,16,17)/t9-,10-/m1/s1. The highest BCUT2D eigenvalue weighted by Crippen LogP contribution is 2.35. The largest absolute Gasteiger partial charge is 0.416 e. The van der Waals surface area contributed by atoms with E-state index in [-0.39, 0.29) is 22.8 Å². The second-order valence-electron chi connectivity index (χ2n) is 4.94. The topological polar surface area (TPSA) is 58.5 Å². The zero-order valence-corrected chi connectivity index (χ0v) is 12.2. The Bertz CT molecular complexity index is 701. The molecular formula is C12H11F3N2O2S2. The highest BCUT2D eigenvalue weighted by atomic mass is 32.2. The zero-order chi connectivity index (χ0) is 15.3. The molecule has 2 aliphatic heterocycles. The minimum absolute atomic E-state index is 0.0123. The van der Waals surface area contributed by atoms with E-state index in [1.54, 1.807) is 0 Å². The summed E-state index contributed by atoms with van der Waals surface area (Å²) in [6, 6.07) is 4.54. The van der Waals surface area contributed by atoms with E-state index in [1.165, 1.54) is 23.9 Å². The summed E-state index contributed by atoms with van der Waals surface area (Å²) in [5, 5.41) is 3.16. The van der Waals surface area contributed by atoms with Crippen LogP contribution in [-0.2, 0) is 16.0 Å². The third-order valence-corrected chi connectivity index (χ3v) is 6.40. The second kappa shape index (κ2) is 4.91. The lowest BCUT2D eigenvalue weighted by atomic mass is 10.2. The molecule has 21 heavy (non-hydrogen) atoms. The van der Waals surface area contributed by atoms with Gasteiger partial charge in [-0.25, -0.2) is 8.42 Å². The molecule has 4 nitrogen and oxygen atoms in total. The Morgan fingerprint density at radius 1 is 1.29 bits per heavy atom. The van der Waals surface area contributed by atoms with E-state index >= 15 is 0 Å². The normalized spacial score (nSPS) is 27.3. The van der Waals surface area contributed by atoms with E-state index < -0.39 is 21.6 Å². The van der Waals surface area contributed by atoms with E-state index in [0.29, 0.717) is 10.9 Å². The molecule has 2 aliphatic rings. The fraction of sp³-hybridized carbons (Fsp3) is 0.417. The lowest BCUT2D eigenvalue weighted by Crippen LogP contribution is -2.13. The van der Waals surface area contributed by atoms with E-state index in [9.17, 15) is 21.6 Å². The minimum Gasteiger partial charge on any atom is -0.335 e. The van der Waals surface area contributed by atoms with Crippen LogP contribution in [0.1, 0.15) is 5.56 Å². The van der Waals surface area contributed by atoms with Crippen LogP contribution in [0.2, 0.25) is 0 Å². The number of anilines is 1. The van der Waals surface area contributed by atoms with Crippen molar-refractivity contribution in [3.05, 3.63) is 29.8 Å². The summed E-state index contributed by atoms with van der Waals surface area (Å²) < 4.78 is 60.7. The van der Waals surface area contributed by atoms with Crippen LogP contribution in [-0.4, -0.2) is 36.4 Å². The minimum atomic E-state index is -4.40. The zero-order valence-electron chi connectivity index (χ0n) is 10.6. The van der Waals surface area contributed by atoms with Crippen LogP contribution in [0.5, 0.6) is 0 Å². The molecule has 0 aromatic heterocycles. The average molecular weight is 336 g/mol. The summed E-state index contributed by atoms with van der Waals surface area (Å²) in [5.74, 6) is 0.0814. The molecule has 0 spiro atoms. The van der Waals surface area contributed by atoms with Gasteiger partial charge in [-0.2, -0.15) is 13.2 Å². The molecule has 3 rings (SSSR count). The quantitative estimate of drug-likeness (QED) is 0.855. The van der Waals surface area contributed by atoms with Gasteiger partial charge < -0.3 is 5.32 Å². The number of sulfone groups is 1. The summed E-state index contributed by atoms with van der Waals surface area (Å²) in [7, 11) is -3.03. The predicted octanol–water partition coefficient (Wildman–Crippen LogP) is 2.39. The van der Waals surface area contributed by atoms with Gasteiger partial charge in [0.2, 0.25) is 0 Å². The molecule has 2 heterocycles. The number of hydrogen-bond donors (Lipinski definition) is 1. The Balaban J connectivity index is 1.74. The van der Waals surface area contributed by atoms with Crippen LogP contribution in [0, 0.1) is 0 Å². The summed E-state index contributed by atoms with van der Waals surface area (Å²) in [5.41, 5.74) is -0.447. The molecule has 1 fully saturated rings. The molecular weight excluding hydrogens is 325 g/mol. The summed E-state index contributed by atoms with van der Waals surface area (Å²) in [4.78, 5) is 4.24. The van der Waals surface area contributed by atoms with Crippen LogP contribution in [0.25, 0.3) is 0 Å². The first-order valence-corrected chi connectivity index (χ1v) is 8.82. The first-order valence-electron chi connectivity index (χ1n) is 6.12. The summed E-state index contributed by atoms with van der Waals surface area (Å²) in [6.45, 7) is 0. The Kier molecular flexibility index (Phi) is 3.44. The maximum Gasteiger partial charge on any atom is 0.416 e. The molecule has 0 aliphatic carbocycles. The van der Waals surface area contributed by atoms with Crippen molar-refractivity contribution in [2.24, 2.45) is 4.99 Å². The van der Waals surface area contributed by atoms with Crippen molar-refractivity contribution in [1.82, 2.24) is 0 Å². The Morgan fingerprint density at radius 3 is 2.71 bits per heavy atom. The van der Waals surface area contributed by atoms with Crippen LogP contribution < -0.4 is 5.32 Å². The first-order chi connectivity index (χ1) is 9.73. The molecule has 0 bridgehead atoms. The fourth-order valence-corrected chi connectivity index (χ4v) is 5.99. The molecule has 1 N–H and O–H groups in total. The van der Waals surface area contributed by atoms with Gasteiger partial charge in [-0.05, 0) is 18.2 Å². The van der Waals surface area contributed by atoms with Gasteiger partial charge in [0, 0.05) is 10.9 Å². The molecule has 0 radical (unpaired) electrons. The van der Waals surface area contributed by atoms with E-state index in [2.05, 4.69) is 10.3 Å². The predicted molar refractivity (Wildman–Crippen MR) is 76.3 cm³/mol. The first kappa shape index (κ1) is 14.7. The van der Waals surface area contributed by atoms with Crippen LogP contribution in [0.4, 0.5) is 18.9 Å². The SMILES string of the molecule is O=S1(=O)C[C@H]2N=C(Nc3cccc(C(F)(F)F)c3)S[C@@H]2C1. The number of nitrogens with zero attached hydrogens (tertiary/aromatic N) is 1. The summed E-state index contributed by atoms with van der Waals surface area (Å²) >= 11 is 1.27. The maximum absolute atomic E-state index is 12.6. The number of hydrogen-bond acceptors (Lipinski definition) is 5. The monoisotopic (exact) mass is 336 g/mol. The number of amidine groups is 1. The lowest BCUT2D eigenvalue weighted by molar-refractivity contribution is -0.137. The molecule has 1 aromatic rings. The average Bonchev–Trinajstić information content (AvgIpc) is 2.81. The van der Waals surface area contributed by atoms with Crippen molar-refractivity contribution >= 4 is 32.5 Å². The van der Waals surface area contributed by atoms with Gasteiger partial charge in [0.15, 0.2) is 15.0 Å². The van der Waals surface area contributed by atoms with Gasteiger partial charge in [-0.1, -0.05) is 17.8 Å². The molecule has 0 amide bonds. The lowest BCUT2D eigenvalue weighted by Gasteiger charge is -2.10. The Labute approximate surface area is 123 Å². The van der Waals surface area contributed by atoms with E-state index in [1.807, 2.05) is 0 Å². The number of benzene rings is 1. The van der Waals surface area contributed by atoms with Crippen molar-refractivity contribution < 1.29 is 21.6 Å². The third-order valence-electron chi connectivity index (χ3n) is 3.26. The fourth-order valence-electron chi connectivity index (χ4n) is 2.31. The molecule has 0 unspecified atom stereocenters. The van der Waals surface area contributed by atoms with Gasteiger partial charge in [-0.3, -0.25) is 4.99 Å². The number of rotatable bonds is 1. The van der Waals surface area contributed by atoms with Crippen molar-refractivity contribution in [2.45, 2.75) is 17.5 Å². The Morgan fingerprint density at radius 2 is 2.05 bits per heavy atom. The second-order valence-corrected chi connectivity index (χ2v) is 8.32. The molecule has 114 valence electrons. The maximum atomic E-state index is 12.6. The van der Waals surface area contributed by atoms with Crippen LogP contribution >= 0.6 is 11.8 Å². The molecule has 1 saturated heterocycles.